The molecule has 0 bridgehead atoms. The number of hydrogen-bond donors (Lipinski definition) is 0. The molecule has 0 aliphatic heterocycles. The summed E-state index contributed by atoms with van der Waals surface area (Å²) in [6.45, 7) is 51.5. The van der Waals surface area contributed by atoms with E-state index in [0.29, 0.717) is 0 Å². The van der Waals surface area contributed by atoms with E-state index >= 15 is 16.8 Å². The third-order valence-corrected chi connectivity index (χ3v) is 64.7. The van der Waals surface area contributed by atoms with Gasteiger partial charge < -0.3 is 0 Å². The molecule has 0 rings (SSSR count). The van der Waals surface area contributed by atoms with Crippen molar-refractivity contribution in [1.29, 1.82) is 0 Å². The minimum absolute atomic E-state index is 0.824. The average Bonchev–Trinajstić information content (AvgIpc) is 0.821. The predicted octanol–water partition coefficient (Wildman–Crippen LogP) is 41.3. The largest absolute Gasteiger partial charge is 0.532 e. The van der Waals surface area contributed by atoms with Gasteiger partial charge >= 0.3 is 31.6 Å². The summed E-state index contributed by atoms with van der Waals surface area (Å²) in [5.41, 5.74) is 0. The van der Waals surface area contributed by atoms with Gasteiger partial charge in [0.2, 0.25) is 0 Å². The Morgan fingerprint density at radius 1 is 0.129 bits per heavy atom. The quantitative estimate of drug-likeness (QED) is 0.0325. The normalized spacial score (nSPS) is 14.2. The summed E-state index contributed by atoms with van der Waals surface area (Å²) in [5.74, 6) is 20.0. The van der Waals surface area contributed by atoms with Crippen LogP contribution in [0.1, 0.15) is 474 Å². The van der Waals surface area contributed by atoms with Crippen molar-refractivity contribution in [3.8, 4) is 0 Å². The van der Waals surface area contributed by atoms with Crippen LogP contribution in [0.15, 0.2) is 0 Å². The van der Waals surface area contributed by atoms with Crippen molar-refractivity contribution in [2.45, 2.75) is 474 Å². The van der Waals surface area contributed by atoms with E-state index in [1.807, 2.05) is 0 Å². The summed E-state index contributed by atoms with van der Waals surface area (Å²) < 4.78 is 164. The van der Waals surface area contributed by atoms with Crippen molar-refractivity contribution in [1.82, 2.24) is 0 Å². The molecule has 0 aromatic carbocycles. The highest BCUT2D eigenvalue weighted by Gasteiger charge is 2.47. The van der Waals surface area contributed by atoms with Crippen molar-refractivity contribution < 1.29 is 66.8 Å². The highest BCUT2D eigenvalue weighted by molar-refractivity contribution is 8.35. The van der Waals surface area contributed by atoms with Crippen LogP contribution in [-0.2, 0) is 50.0 Å². The second-order valence-corrected chi connectivity index (χ2v) is 68.9. The first-order valence-corrected chi connectivity index (χ1v) is 74.4. The lowest BCUT2D eigenvalue weighted by atomic mass is 10.2. The smallest absolute Gasteiger partial charge is 0.233 e. The number of unbranched alkanes of at least 4 members (excludes halogenated alkanes) is 24. The van der Waals surface area contributed by atoms with E-state index in [4.69, 9.17) is 31.8 Å². The number of hydrogen-bond acceptors (Lipinski definition) is 12. The lowest BCUT2D eigenvalue weighted by Crippen LogP contribution is -2.19. The van der Waals surface area contributed by atoms with Crippen LogP contribution in [-0.4, -0.2) is 138 Å². The summed E-state index contributed by atoms with van der Waals surface area (Å²) in [4.78, 5) is 0. The number of halogens is 4. The molecule has 0 aromatic rings. The second-order valence-electron chi connectivity index (χ2n) is 35.4. The molecule has 0 saturated heterocycles. The van der Waals surface area contributed by atoms with Gasteiger partial charge in [0.15, 0.2) is 0 Å². The molecule has 0 atom stereocenters. The first-order chi connectivity index (χ1) is 59.1. The maximum atomic E-state index is 15.7. The van der Waals surface area contributed by atoms with E-state index < -0.39 is 114 Å². The van der Waals surface area contributed by atoms with Crippen LogP contribution in [0.4, 0.5) is 16.8 Å². The Kier molecular flexibility index (Phi) is 88.3. The van der Waals surface area contributed by atoms with Crippen molar-refractivity contribution in [2.75, 3.05) is 138 Å². The fraction of sp³-hybridized carbons (Fsp3) is 1.00. The molecule has 124 heavy (non-hydrogen) atoms. The summed E-state index contributed by atoms with van der Waals surface area (Å²) in [7, 11) is -32.1. The highest BCUT2D eigenvalue weighted by Crippen LogP contribution is 2.78. The molecule has 0 spiro atoms. The molecular weight excluding hydrogens is 1800 g/mol. The van der Waals surface area contributed by atoms with Crippen LogP contribution in [0.5, 0.6) is 0 Å². The van der Waals surface area contributed by atoms with E-state index in [0.717, 1.165) is 344 Å². The zero-order valence-electron chi connectivity index (χ0n) is 86.4. The van der Waals surface area contributed by atoms with E-state index in [-0.39, 0.29) is 0 Å². The highest BCUT2D eigenvalue weighted by atomic mass is 32.3. The first-order valence-electron chi connectivity index (χ1n) is 52.1. The molecule has 0 aliphatic carbocycles. The van der Waals surface area contributed by atoms with Crippen LogP contribution in [0.2, 0.25) is 0 Å². The summed E-state index contributed by atoms with van der Waals surface area (Å²) in [5, 5.41) is 0. The molecule has 0 amide bonds. The van der Waals surface area contributed by atoms with Gasteiger partial charge in [0.25, 0.3) is 0 Å². The zero-order chi connectivity index (χ0) is 94.6. The maximum absolute atomic E-state index is 15.7. The van der Waals surface area contributed by atoms with E-state index in [2.05, 4.69) is 166 Å². The van der Waals surface area contributed by atoms with Gasteiger partial charge in [-0.15, -0.1) is 99.3 Å². The topological polar surface area (TPSA) is 142 Å². The Labute approximate surface area is 786 Å². The molecule has 0 aliphatic rings. The van der Waals surface area contributed by atoms with Crippen molar-refractivity contribution in [2.24, 2.45) is 0 Å². The molecule has 0 unspecified atom stereocenters. The standard InChI is InChI=1S/4C24H54FO3PS2/c4*1-7-13-15-17-23-30(19-9-3,20-10-4)27-29(25,26)28-31(21-11-5,22-12-6)24-18-16-14-8-2/h4*7-24H2,1-6H3. The lowest BCUT2D eigenvalue weighted by molar-refractivity contribution is 0.361. The Hall–Kier alpha value is 3.12. The molecule has 0 N–H and O–H groups in total. The Bertz CT molecular complexity index is 2050. The predicted molar refractivity (Wildman–Crippen MR) is 579 cm³/mol. The van der Waals surface area contributed by atoms with Gasteiger partial charge in [-0.05, 0) is 292 Å². The van der Waals surface area contributed by atoms with Crippen LogP contribution in [0.3, 0.4) is 0 Å². The van der Waals surface area contributed by atoms with Gasteiger partial charge in [0, 0.05) is 0 Å². The van der Waals surface area contributed by atoms with Gasteiger partial charge in [0.05, 0.1) is 0 Å². The molecule has 28 heteroatoms. The third-order valence-electron chi connectivity index (χ3n) is 22.2. The van der Waals surface area contributed by atoms with Crippen molar-refractivity contribution >= 4 is 114 Å². The monoisotopic (exact) mass is 2020 g/mol. The van der Waals surface area contributed by atoms with Gasteiger partial charge in [-0.1, -0.05) is 320 Å². The zero-order valence-corrected chi connectivity index (χ0v) is 96.5. The van der Waals surface area contributed by atoms with Crippen molar-refractivity contribution in [3.63, 3.8) is 0 Å². The van der Waals surface area contributed by atoms with Crippen LogP contribution >= 0.6 is 114 Å². The van der Waals surface area contributed by atoms with Gasteiger partial charge in [0.1, 0.15) is 0 Å². The molecule has 0 aromatic heterocycles. The van der Waals surface area contributed by atoms with Gasteiger partial charge in [-0.2, -0.15) is 0 Å². The molecule has 0 radical (unpaired) electrons. The Morgan fingerprint density at radius 3 is 0.274 bits per heavy atom. The summed E-state index contributed by atoms with van der Waals surface area (Å²) in [6, 6.07) is 0. The first kappa shape index (κ1) is 133. The van der Waals surface area contributed by atoms with E-state index in [1.165, 1.54) is 103 Å². The lowest BCUT2D eigenvalue weighted by Gasteiger charge is -2.44. The fourth-order valence-electron chi connectivity index (χ4n) is 17.2. The minimum atomic E-state index is -4.59. The van der Waals surface area contributed by atoms with E-state index in [1.54, 1.807) is 0 Å². The second kappa shape index (κ2) is 82.1. The van der Waals surface area contributed by atoms with Crippen LogP contribution in [0, 0.1) is 0 Å². The number of rotatable bonds is 88. The van der Waals surface area contributed by atoms with Gasteiger partial charge in [-0.3, -0.25) is 0 Å². The molecule has 0 saturated carbocycles. The SMILES string of the molecule is CCCCCCS(CCC)(CCC)OP(=O)(F)OS(CCC)(CCC)CCCCCC.CCCCCCS(CCC)(CCC)OP(=O)(F)OS(CCC)(CCC)CCCCCC.CCCCCCS(CCC)(CCC)OP(=O)(F)OS(CCC)(CCC)CCCCCC.CCCCCCS(CCC)(CCC)OP(=O)(F)OS(CCC)(CCC)CCCCCC. The third kappa shape index (κ3) is 65.8. The van der Waals surface area contributed by atoms with Crippen LogP contribution in [0.25, 0.3) is 0 Å². The average molecular weight is 2020 g/mol. The summed E-state index contributed by atoms with van der Waals surface area (Å²) in [6.07, 6.45) is 51.2. The summed E-state index contributed by atoms with van der Waals surface area (Å²) >= 11 is 0. The fourth-order valence-corrected chi connectivity index (χ4v) is 60.4. The minimum Gasteiger partial charge on any atom is -0.233 e. The Balaban J connectivity index is -0.000000774. The molecule has 0 fully saturated rings. The van der Waals surface area contributed by atoms with Crippen molar-refractivity contribution in [3.05, 3.63) is 0 Å². The molecule has 12 nitrogen and oxygen atoms in total. The maximum Gasteiger partial charge on any atom is 0.532 e. The molecule has 0 heterocycles. The Morgan fingerprint density at radius 2 is 0.210 bits per heavy atom. The van der Waals surface area contributed by atoms with Crippen LogP contribution < -0.4 is 0 Å². The van der Waals surface area contributed by atoms with Gasteiger partial charge in [-0.25, -0.2) is 50.0 Å². The van der Waals surface area contributed by atoms with E-state index in [9.17, 15) is 18.3 Å². The molecular formula is C96H216F4O12P4S8. The molecule has 768 valence electrons.